The lowest BCUT2D eigenvalue weighted by Gasteiger charge is -2.13. The molecule has 5 aromatic rings. The molecule has 5 rings (SSSR count). The molecule has 0 fully saturated rings. The van der Waals surface area contributed by atoms with Gasteiger partial charge in [0.25, 0.3) is 5.91 Å². The number of primary amides is 1. The number of aromatic nitrogens is 7. The number of H-pyrrole nitrogens is 2. The van der Waals surface area contributed by atoms with E-state index in [9.17, 15) is 9.59 Å². The summed E-state index contributed by atoms with van der Waals surface area (Å²) >= 11 is 0. The highest BCUT2D eigenvalue weighted by atomic mass is 16.2. The molecule has 2 aromatic carbocycles. The van der Waals surface area contributed by atoms with Crippen LogP contribution in [0.25, 0.3) is 39.5 Å². The summed E-state index contributed by atoms with van der Waals surface area (Å²) in [4.78, 5) is 36.9. The standard InChI is InChI=1S/C23H20N8O2/c1-12(2)15-5-3-4-6-17(15)31-22-19(27-23(31)33)18(20(24)32)26-21(28-22)14-9-7-13(8-10-14)16-11-25-30-29-16/h3-12H,1-2H3,(H2,24,32)(H,27,33)(H,25,29,30). The van der Waals surface area contributed by atoms with Crippen LogP contribution in [0.15, 0.2) is 59.5 Å². The second-order valence-electron chi connectivity index (χ2n) is 7.87. The van der Waals surface area contributed by atoms with Crippen LogP contribution < -0.4 is 11.4 Å². The fourth-order valence-corrected chi connectivity index (χ4v) is 3.83. The third kappa shape index (κ3) is 3.47. The molecule has 0 unspecified atom stereocenters. The molecule has 0 aliphatic heterocycles. The van der Waals surface area contributed by atoms with Crippen molar-refractivity contribution in [2.24, 2.45) is 5.73 Å². The Bertz CT molecular complexity index is 1530. The molecule has 1 amide bonds. The van der Waals surface area contributed by atoms with E-state index < -0.39 is 11.6 Å². The molecule has 10 heteroatoms. The maximum absolute atomic E-state index is 13.0. The van der Waals surface area contributed by atoms with Gasteiger partial charge in [-0.1, -0.05) is 56.3 Å². The average Bonchev–Trinajstić information content (AvgIpc) is 3.46. The maximum Gasteiger partial charge on any atom is 0.332 e. The lowest BCUT2D eigenvalue weighted by Crippen LogP contribution is -2.17. The second-order valence-corrected chi connectivity index (χ2v) is 7.87. The Labute approximate surface area is 187 Å². The summed E-state index contributed by atoms with van der Waals surface area (Å²) in [5.41, 5.74) is 9.49. The number of nitrogens with zero attached hydrogens (tertiary/aromatic N) is 5. The van der Waals surface area contributed by atoms with Crippen molar-refractivity contribution in [3.63, 3.8) is 0 Å². The summed E-state index contributed by atoms with van der Waals surface area (Å²) in [6.45, 7) is 4.09. The normalized spacial score (nSPS) is 11.4. The Hall–Kier alpha value is -4.60. The molecule has 3 heterocycles. The molecule has 164 valence electrons. The molecule has 0 spiro atoms. The van der Waals surface area contributed by atoms with Crippen molar-refractivity contribution >= 4 is 17.1 Å². The number of fused-ring (bicyclic) bond motifs is 1. The molecule has 0 bridgehead atoms. The zero-order chi connectivity index (χ0) is 23.1. The van der Waals surface area contributed by atoms with E-state index in [1.165, 1.54) is 4.57 Å². The van der Waals surface area contributed by atoms with Crippen LogP contribution in [0.4, 0.5) is 0 Å². The predicted octanol–water partition coefficient (Wildman–Crippen LogP) is 2.78. The lowest BCUT2D eigenvalue weighted by atomic mass is 10.0. The SMILES string of the molecule is CC(C)c1ccccc1-n1c(=O)[nH]c2c(C(N)=O)nc(-c3ccc(-c4cn[nH]n4)cc3)nc21. The zero-order valence-electron chi connectivity index (χ0n) is 17.9. The summed E-state index contributed by atoms with van der Waals surface area (Å²) in [6, 6.07) is 14.9. The number of hydrogen-bond donors (Lipinski definition) is 3. The Morgan fingerprint density at radius 3 is 2.42 bits per heavy atom. The summed E-state index contributed by atoms with van der Waals surface area (Å²) in [5.74, 6) is -0.315. The number of benzene rings is 2. The zero-order valence-corrected chi connectivity index (χ0v) is 17.9. The number of hydrogen-bond acceptors (Lipinski definition) is 6. The molecule has 10 nitrogen and oxygen atoms in total. The molecule has 0 radical (unpaired) electrons. The molecular formula is C23H20N8O2. The first-order valence-corrected chi connectivity index (χ1v) is 10.3. The quantitative estimate of drug-likeness (QED) is 0.383. The molecule has 4 N–H and O–H groups in total. The van der Waals surface area contributed by atoms with E-state index in [-0.39, 0.29) is 28.6 Å². The fourth-order valence-electron chi connectivity index (χ4n) is 3.83. The van der Waals surface area contributed by atoms with Crippen molar-refractivity contribution in [1.82, 2.24) is 34.9 Å². The average molecular weight is 440 g/mol. The Morgan fingerprint density at radius 2 is 1.76 bits per heavy atom. The molecule has 0 atom stereocenters. The van der Waals surface area contributed by atoms with Crippen LogP contribution in [0.3, 0.4) is 0 Å². The minimum Gasteiger partial charge on any atom is -0.364 e. The van der Waals surface area contributed by atoms with Gasteiger partial charge in [-0.05, 0) is 17.5 Å². The molecule has 0 saturated carbocycles. The summed E-state index contributed by atoms with van der Waals surface area (Å²) in [5, 5.41) is 10.5. The van der Waals surface area contributed by atoms with Crippen LogP contribution in [0.5, 0.6) is 0 Å². The van der Waals surface area contributed by atoms with Crippen LogP contribution in [0, 0.1) is 0 Å². The third-order valence-electron chi connectivity index (χ3n) is 5.42. The van der Waals surface area contributed by atoms with Crippen LogP contribution in [0.2, 0.25) is 0 Å². The summed E-state index contributed by atoms with van der Waals surface area (Å²) in [7, 11) is 0. The highest BCUT2D eigenvalue weighted by Gasteiger charge is 2.21. The largest absolute Gasteiger partial charge is 0.364 e. The van der Waals surface area contributed by atoms with E-state index in [2.05, 4.69) is 30.4 Å². The van der Waals surface area contributed by atoms with E-state index in [4.69, 9.17) is 5.73 Å². The summed E-state index contributed by atoms with van der Waals surface area (Å²) in [6.07, 6.45) is 1.62. The Kier molecular flexibility index (Phi) is 4.82. The van der Waals surface area contributed by atoms with Gasteiger partial charge in [0, 0.05) is 11.1 Å². The van der Waals surface area contributed by atoms with Crippen LogP contribution >= 0.6 is 0 Å². The van der Waals surface area contributed by atoms with Gasteiger partial charge in [-0.3, -0.25) is 4.79 Å². The van der Waals surface area contributed by atoms with Crippen molar-refractivity contribution < 1.29 is 4.79 Å². The van der Waals surface area contributed by atoms with Gasteiger partial charge in [0.15, 0.2) is 17.2 Å². The first-order chi connectivity index (χ1) is 15.9. The number of amides is 1. The first kappa shape index (κ1) is 20.3. The number of carbonyl (C=O) groups is 1. The van der Waals surface area contributed by atoms with Gasteiger partial charge in [-0.15, -0.1) is 0 Å². The predicted molar refractivity (Wildman–Crippen MR) is 123 cm³/mol. The molecule has 0 saturated heterocycles. The van der Waals surface area contributed by atoms with Gasteiger partial charge in [0.05, 0.1) is 11.9 Å². The van der Waals surface area contributed by atoms with Gasteiger partial charge in [-0.2, -0.15) is 15.4 Å². The number of aromatic amines is 2. The minimum absolute atomic E-state index is 0.0477. The monoisotopic (exact) mass is 440 g/mol. The third-order valence-corrected chi connectivity index (χ3v) is 5.42. The van der Waals surface area contributed by atoms with Crippen LogP contribution in [0.1, 0.15) is 35.8 Å². The van der Waals surface area contributed by atoms with Crippen LogP contribution in [-0.4, -0.2) is 40.8 Å². The van der Waals surface area contributed by atoms with E-state index in [1.807, 2.05) is 62.4 Å². The second kappa shape index (κ2) is 7.83. The molecular weight excluding hydrogens is 420 g/mol. The molecule has 0 aliphatic carbocycles. The number of nitrogens with two attached hydrogens (primary N) is 1. The van der Waals surface area contributed by atoms with E-state index >= 15 is 0 Å². The Morgan fingerprint density at radius 1 is 1.03 bits per heavy atom. The van der Waals surface area contributed by atoms with E-state index in [0.717, 1.165) is 11.1 Å². The molecule has 33 heavy (non-hydrogen) atoms. The molecule has 3 aromatic heterocycles. The van der Waals surface area contributed by atoms with E-state index in [1.54, 1.807) is 6.20 Å². The minimum atomic E-state index is -0.756. The van der Waals surface area contributed by atoms with Gasteiger partial charge in [0.2, 0.25) is 0 Å². The number of para-hydroxylation sites is 1. The highest BCUT2D eigenvalue weighted by Crippen LogP contribution is 2.27. The van der Waals surface area contributed by atoms with Gasteiger partial charge < -0.3 is 10.7 Å². The smallest absolute Gasteiger partial charge is 0.332 e. The number of rotatable bonds is 5. The summed E-state index contributed by atoms with van der Waals surface area (Å²) < 4.78 is 1.46. The van der Waals surface area contributed by atoms with Gasteiger partial charge in [-0.25, -0.2) is 19.3 Å². The topological polar surface area (TPSA) is 148 Å². The van der Waals surface area contributed by atoms with Crippen molar-refractivity contribution in [3.8, 4) is 28.3 Å². The van der Waals surface area contributed by atoms with Gasteiger partial charge in [0.1, 0.15) is 11.2 Å². The van der Waals surface area contributed by atoms with Crippen molar-refractivity contribution in [2.45, 2.75) is 19.8 Å². The Balaban J connectivity index is 1.73. The van der Waals surface area contributed by atoms with E-state index in [0.29, 0.717) is 16.9 Å². The van der Waals surface area contributed by atoms with Crippen molar-refractivity contribution in [3.05, 3.63) is 76.5 Å². The van der Waals surface area contributed by atoms with Crippen molar-refractivity contribution in [2.75, 3.05) is 0 Å². The maximum atomic E-state index is 13.0. The first-order valence-electron chi connectivity index (χ1n) is 10.3. The van der Waals surface area contributed by atoms with Crippen LogP contribution in [-0.2, 0) is 0 Å². The number of nitrogens with one attached hydrogen (secondary N) is 2. The fraction of sp³-hybridized carbons (Fsp3) is 0.130. The molecule has 0 aliphatic rings. The highest BCUT2D eigenvalue weighted by molar-refractivity contribution is 6.02. The van der Waals surface area contributed by atoms with Crippen molar-refractivity contribution in [1.29, 1.82) is 0 Å². The lowest BCUT2D eigenvalue weighted by molar-refractivity contribution is 0.0997. The number of imidazole rings is 1. The van der Waals surface area contributed by atoms with Gasteiger partial charge >= 0.3 is 5.69 Å². The number of carbonyl (C=O) groups excluding carboxylic acids is 1.